The van der Waals surface area contributed by atoms with E-state index in [9.17, 15) is 31.2 Å². The Labute approximate surface area is 164 Å². The van der Waals surface area contributed by atoms with Gasteiger partial charge in [0.15, 0.2) is 6.61 Å². The van der Waals surface area contributed by atoms with Crippen LogP contribution in [0.25, 0.3) is 0 Å². The lowest BCUT2D eigenvalue weighted by Gasteiger charge is -2.30. The molecule has 1 aromatic carbocycles. The Hall–Kier alpha value is -1.85. The van der Waals surface area contributed by atoms with Gasteiger partial charge in [0.2, 0.25) is 10.0 Å². The van der Waals surface area contributed by atoms with E-state index in [1.54, 1.807) is 5.32 Å². The molecule has 1 N–H and O–H groups in total. The fourth-order valence-corrected chi connectivity index (χ4v) is 4.19. The van der Waals surface area contributed by atoms with Gasteiger partial charge in [0.05, 0.1) is 10.8 Å². The second-order valence-corrected chi connectivity index (χ2v) is 8.51. The number of nitrogens with zero attached hydrogens (tertiary/aromatic N) is 1. The number of sulfonamides is 1. The van der Waals surface area contributed by atoms with E-state index in [0.29, 0.717) is 5.02 Å². The van der Waals surface area contributed by atoms with Gasteiger partial charge in [-0.2, -0.15) is 17.5 Å². The first kappa shape index (κ1) is 22.4. The monoisotopic (exact) mass is 442 g/mol. The maximum Gasteiger partial charge on any atom is 0.405 e. The fourth-order valence-electron chi connectivity index (χ4n) is 2.59. The molecule has 1 amide bonds. The molecule has 0 bridgehead atoms. The van der Waals surface area contributed by atoms with Crippen molar-refractivity contribution in [3.05, 3.63) is 29.3 Å². The summed E-state index contributed by atoms with van der Waals surface area (Å²) in [5.74, 6) is -2.44. The highest BCUT2D eigenvalue weighted by Crippen LogP contribution is 2.25. The van der Waals surface area contributed by atoms with Gasteiger partial charge in [-0.05, 0) is 37.1 Å². The number of carbonyl (C=O) groups is 2. The molecule has 0 aromatic heterocycles. The van der Waals surface area contributed by atoms with Gasteiger partial charge < -0.3 is 10.1 Å². The molecule has 0 aliphatic carbocycles. The number of piperidine rings is 1. The third-order valence-corrected chi connectivity index (χ3v) is 6.24. The summed E-state index contributed by atoms with van der Waals surface area (Å²) in [5, 5.41) is 1.99. The van der Waals surface area contributed by atoms with Crippen molar-refractivity contribution >= 4 is 33.5 Å². The van der Waals surface area contributed by atoms with Crippen LogP contribution in [0.1, 0.15) is 12.8 Å². The minimum Gasteiger partial charge on any atom is -0.455 e. The number of hydrogen-bond donors (Lipinski definition) is 1. The lowest BCUT2D eigenvalue weighted by Crippen LogP contribution is -2.41. The average molecular weight is 443 g/mol. The third-order valence-electron chi connectivity index (χ3n) is 4.07. The summed E-state index contributed by atoms with van der Waals surface area (Å²) in [5.41, 5.74) is 0. The van der Waals surface area contributed by atoms with Crippen molar-refractivity contribution in [1.29, 1.82) is 0 Å². The zero-order valence-electron chi connectivity index (χ0n) is 14.5. The summed E-state index contributed by atoms with van der Waals surface area (Å²) < 4.78 is 67.1. The maximum atomic E-state index is 12.6. The van der Waals surface area contributed by atoms with E-state index in [1.807, 2.05) is 0 Å². The summed E-state index contributed by atoms with van der Waals surface area (Å²) in [6.45, 7) is -2.18. The van der Waals surface area contributed by atoms with Crippen LogP contribution in [0.2, 0.25) is 5.02 Å². The summed E-state index contributed by atoms with van der Waals surface area (Å²) in [6, 6.07) is 5.69. The average Bonchev–Trinajstić information content (AvgIpc) is 2.64. The predicted molar refractivity (Wildman–Crippen MR) is 93.0 cm³/mol. The highest BCUT2D eigenvalue weighted by Gasteiger charge is 2.33. The van der Waals surface area contributed by atoms with Crippen LogP contribution in [0.4, 0.5) is 13.2 Å². The van der Waals surface area contributed by atoms with Gasteiger partial charge in [0, 0.05) is 18.1 Å². The second-order valence-electron chi connectivity index (χ2n) is 6.13. The summed E-state index contributed by atoms with van der Waals surface area (Å²) >= 11 is 5.75. The molecule has 156 valence electrons. The standard InChI is InChI=1S/C16H18ClF3N2O5S/c17-12-1-3-13(4-2-12)28(25,26)22-7-5-11(6-8-22)15(24)27-9-14(23)21-10-16(18,19)20/h1-4,11H,5-10H2,(H,21,23). The number of alkyl halides is 3. The Morgan fingerprint density at radius 3 is 2.29 bits per heavy atom. The first-order valence-electron chi connectivity index (χ1n) is 8.25. The lowest BCUT2D eigenvalue weighted by molar-refractivity contribution is -0.155. The highest BCUT2D eigenvalue weighted by molar-refractivity contribution is 7.89. The minimum absolute atomic E-state index is 0.0744. The number of esters is 1. The lowest BCUT2D eigenvalue weighted by atomic mass is 9.98. The van der Waals surface area contributed by atoms with Crippen molar-refractivity contribution in [3.8, 4) is 0 Å². The molecule has 0 spiro atoms. The molecular formula is C16H18ClF3N2O5S. The van der Waals surface area contributed by atoms with E-state index in [1.165, 1.54) is 28.6 Å². The Kier molecular flexibility index (Phi) is 7.29. The Balaban J connectivity index is 1.82. The molecule has 0 atom stereocenters. The molecule has 1 fully saturated rings. The molecule has 1 heterocycles. The number of rotatable bonds is 6. The van der Waals surface area contributed by atoms with Crippen molar-refractivity contribution < 1.29 is 35.9 Å². The topological polar surface area (TPSA) is 92.8 Å². The van der Waals surface area contributed by atoms with Crippen molar-refractivity contribution in [3.63, 3.8) is 0 Å². The molecule has 7 nitrogen and oxygen atoms in total. The van der Waals surface area contributed by atoms with Gasteiger partial charge in [-0.15, -0.1) is 0 Å². The molecule has 1 saturated heterocycles. The smallest absolute Gasteiger partial charge is 0.405 e. The summed E-state index contributed by atoms with van der Waals surface area (Å²) in [4.78, 5) is 23.3. The number of nitrogens with one attached hydrogen (secondary N) is 1. The van der Waals surface area contributed by atoms with Crippen LogP contribution in [-0.2, 0) is 24.3 Å². The van der Waals surface area contributed by atoms with E-state index < -0.39 is 47.1 Å². The van der Waals surface area contributed by atoms with Crippen LogP contribution in [-0.4, -0.2) is 57.0 Å². The molecule has 1 aromatic rings. The Morgan fingerprint density at radius 2 is 1.75 bits per heavy atom. The second kappa shape index (κ2) is 9.10. The quantitative estimate of drug-likeness (QED) is 0.680. The maximum absolute atomic E-state index is 12.6. The number of halogens is 4. The predicted octanol–water partition coefficient (Wildman–Crippen LogP) is 1.96. The van der Waals surface area contributed by atoms with Crippen LogP contribution in [0.3, 0.4) is 0 Å². The largest absolute Gasteiger partial charge is 0.455 e. The van der Waals surface area contributed by atoms with E-state index in [2.05, 4.69) is 0 Å². The van der Waals surface area contributed by atoms with E-state index in [4.69, 9.17) is 16.3 Å². The normalized spacial score (nSPS) is 16.6. The molecule has 0 saturated carbocycles. The number of hydrogen-bond acceptors (Lipinski definition) is 5. The van der Waals surface area contributed by atoms with E-state index in [-0.39, 0.29) is 30.8 Å². The van der Waals surface area contributed by atoms with Gasteiger partial charge in [0.1, 0.15) is 6.54 Å². The number of carbonyl (C=O) groups excluding carboxylic acids is 2. The van der Waals surface area contributed by atoms with Crippen LogP contribution in [0.15, 0.2) is 29.2 Å². The molecule has 28 heavy (non-hydrogen) atoms. The Morgan fingerprint density at radius 1 is 1.18 bits per heavy atom. The summed E-state index contributed by atoms with van der Waals surface area (Å²) in [6.07, 6.45) is -4.20. The number of benzene rings is 1. The molecule has 12 heteroatoms. The minimum atomic E-state index is -4.55. The highest BCUT2D eigenvalue weighted by atomic mass is 35.5. The van der Waals surface area contributed by atoms with E-state index >= 15 is 0 Å². The van der Waals surface area contributed by atoms with E-state index in [0.717, 1.165) is 0 Å². The zero-order chi connectivity index (χ0) is 20.9. The number of amides is 1. The third kappa shape index (κ3) is 6.35. The fraction of sp³-hybridized carbons (Fsp3) is 0.500. The van der Waals surface area contributed by atoms with Gasteiger partial charge in [0.25, 0.3) is 5.91 Å². The van der Waals surface area contributed by atoms with Crippen molar-refractivity contribution in [2.45, 2.75) is 23.9 Å². The van der Waals surface area contributed by atoms with Crippen molar-refractivity contribution in [2.75, 3.05) is 26.2 Å². The van der Waals surface area contributed by atoms with Crippen LogP contribution in [0.5, 0.6) is 0 Å². The van der Waals surface area contributed by atoms with Gasteiger partial charge in [-0.25, -0.2) is 8.42 Å². The first-order chi connectivity index (χ1) is 13.0. The van der Waals surface area contributed by atoms with Gasteiger partial charge >= 0.3 is 12.1 Å². The number of ether oxygens (including phenoxy) is 1. The molecule has 1 aliphatic rings. The Bertz CT molecular complexity index is 807. The molecular weight excluding hydrogens is 425 g/mol. The molecule has 2 rings (SSSR count). The summed E-state index contributed by atoms with van der Waals surface area (Å²) in [7, 11) is -3.72. The van der Waals surface area contributed by atoms with Gasteiger partial charge in [-0.1, -0.05) is 11.6 Å². The van der Waals surface area contributed by atoms with Crippen LogP contribution in [0, 0.1) is 5.92 Å². The van der Waals surface area contributed by atoms with Gasteiger partial charge in [-0.3, -0.25) is 9.59 Å². The van der Waals surface area contributed by atoms with Crippen LogP contribution >= 0.6 is 11.6 Å². The SMILES string of the molecule is O=C(COC(=O)C1CCN(S(=O)(=O)c2ccc(Cl)cc2)CC1)NCC(F)(F)F. The molecule has 0 radical (unpaired) electrons. The van der Waals surface area contributed by atoms with Crippen LogP contribution < -0.4 is 5.32 Å². The zero-order valence-corrected chi connectivity index (χ0v) is 16.1. The van der Waals surface area contributed by atoms with Crippen molar-refractivity contribution in [1.82, 2.24) is 9.62 Å². The first-order valence-corrected chi connectivity index (χ1v) is 10.1. The molecule has 1 aliphatic heterocycles. The van der Waals surface area contributed by atoms with Crippen molar-refractivity contribution in [2.24, 2.45) is 5.92 Å². The molecule has 0 unspecified atom stereocenters.